The zero-order valence-electron chi connectivity index (χ0n) is 16.8. The molecule has 1 aromatic heterocycles. The predicted molar refractivity (Wildman–Crippen MR) is 112 cm³/mol. The Balaban J connectivity index is 1.99. The van der Waals surface area contributed by atoms with Crippen molar-refractivity contribution in [1.29, 1.82) is 0 Å². The van der Waals surface area contributed by atoms with Crippen molar-refractivity contribution >= 4 is 21.1 Å². The standard InChI is InChI=1S/C21H27N3O3S/c1-13(2)10-24-11-14-9-15(12-28(4,26)27)16-6-8-23(3)21(25)19(16)20-18(14)17(24)5-7-22-20/h6,8-9,11,13,17,22H,5,7,10,12H2,1-4H3. The molecule has 0 aromatic carbocycles. The molecule has 0 fully saturated rings. The number of sulfone groups is 1. The Morgan fingerprint density at radius 1 is 1.32 bits per heavy atom. The summed E-state index contributed by atoms with van der Waals surface area (Å²) in [6, 6.07) is 2.08. The fourth-order valence-corrected chi connectivity index (χ4v) is 5.30. The van der Waals surface area contributed by atoms with Crippen LogP contribution < -0.4 is 10.9 Å². The molecule has 1 unspecified atom stereocenters. The van der Waals surface area contributed by atoms with Gasteiger partial charge in [0.1, 0.15) is 0 Å². The second kappa shape index (κ2) is 6.65. The van der Waals surface area contributed by atoms with Crippen LogP contribution in [0.3, 0.4) is 0 Å². The van der Waals surface area contributed by atoms with Crippen LogP contribution in [0, 0.1) is 5.92 Å². The summed E-state index contributed by atoms with van der Waals surface area (Å²) in [4.78, 5) is 15.5. The van der Waals surface area contributed by atoms with E-state index >= 15 is 0 Å². The van der Waals surface area contributed by atoms with Crippen LogP contribution >= 0.6 is 0 Å². The van der Waals surface area contributed by atoms with Crippen molar-refractivity contribution in [1.82, 2.24) is 14.8 Å². The van der Waals surface area contributed by atoms with Crippen LogP contribution in [0.1, 0.15) is 31.4 Å². The minimum Gasteiger partial charge on any atom is -0.384 e. The summed E-state index contributed by atoms with van der Waals surface area (Å²) >= 11 is 0. The maximum absolute atomic E-state index is 13.1. The Morgan fingerprint density at radius 2 is 2.07 bits per heavy atom. The van der Waals surface area contributed by atoms with Gasteiger partial charge in [-0.3, -0.25) is 4.79 Å². The number of pyridine rings is 1. The van der Waals surface area contributed by atoms with Crippen molar-refractivity contribution in [3.8, 4) is 0 Å². The number of aryl methyl sites for hydroxylation is 1. The van der Waals surface area contributed by atoms with Crippen molar-refractivity contribution in [3.05, 3.63) is 57.2 Å². The average Bonchev–Trinajstić information content (AvgIpc) is 2.86. The molecule has 3 heterocycles. The van der Waals surface area contributed by atoms with Gasteiger partial charge in [-0.2, -0.15) is 0 Å². The summed E-state index contributed by atoms with van der Waals surface area (Å²) in [5, 5.41) is 3.46. The van der Waals surface area contributed by atoms with Gasteiger partial charge in [0.25, 0.3) is 5.56 Å². The third-order valence-electron chi connectivity index (χ3n) is 5.53. The number of nitrogens with one attached hydrogen (secondary N) is 1. The first-order valence-corrected chi connectivity index (χ1v) is 11.8. The number of nitrogens with zero attached hydrogens (tertiary/aromatic N) is 2. The molecule has 0 bridgehead atoms. The Hall–Kier alpha value is -2.28. The lowest BCUT2D eigenvalue weighted by molar-refractivity contribution is 0.276. The molecule has 2 aliphatic heterocycles. The number of hydrogen-bond donors (Lipinski definition) is 1. The lowest BCUT2D eigenvalue weighted by Gasteiger charge is -2.33. The number of aromatic nitrogens is 1. The first-order chi connectivity index (χ1) is 13.2. The number of hydrogen-bond acceptors (Lipinski definition) is 5. The van der Waals surface area contributed by atoms with Crippen molar-refractivity contribution < 1.29 is 8.42 Å². The third-order valence-corrected chi connectivity index (χ3v) is 6.36. The van der Waals surface area contributed by atoms with Gasteiger partial charge in [-0.05, 0) is 41.2 Å². The van der Waals surface area contributed by atoms with Crippen molar-refractivity contribution in [2.75, 3.05) is 25.1 Å². The largest absolute Gasteiger partial charge is 0.384 e. The molecule has 0 amide bonds. The normalized spacial score (nSPS) is 21.0. The van der Waals surface area contributed by atoms with E-state index in [1.165, 1.54) is 6.26 Å². The fraction of sp³-hybridized carbons (Fsp3) is 0.476. The molecular weight excluding hydrogens is 374 g/mol. The molecule has 0 spiro atoms. The highest BCUT2D eigenvalue weighted by Gasteiger charge is 2.38. The summed E-state index contributed by atoms with van der Waals surface area (Å²) in [6.45, 7) is 6.11. The van der Waals surface area contributed by atoms with Crippen LogP contribution in [0.15, 0.2) is 40.5 Å². The first-order valence-electron chi connectivity index (χ1n) is 9.70. The van der Waals surface area contributed by atoms with Crippen LogP contribution in [0.25, 0.3) is 11.3 Å². The Labute approximate surface area is 166 Å². The maximum atomic E-state index is 13.1. The second-order valence-electron chi connectivity index (χ2n) is 8.46. The van der Waals surface area contributed by atoms with Gasteiger partial charge < -0.3 is 14.8 Å². The molecular formula is C21H27N3O3S. The van der Waals surface area contributed by atoms with Crippen LogP contribution in [0.4, 0.5) is 0 Å². The van der Waals surface area contributed by atoms with Gasteiger partial charge in [-0.1, -0.05) is 13.8 Å². The van der Waals surface area contributed by atoms with Crippen molar-refractivity contribution in [2.24, 2.45) is 13.0 Å². The Kier molecular flexibility index (Phi) is 4.53. The number of rotatable bonds is 4. The van der Waals surface area contributed by atoms with E-state index < -0.39 is 9.84 Å². The molecule has 0 saturated carbocycles. The van der Waals surface area contributed by atoms with Crippen LogP contribution in [-0.2, 0) is 16.9 Å². The molecule has 0 radical (unpaired) electrons. The van der Waals surface area contributed by atoms with Gasteiger partial charge in [0.2, 0.25) is 0 Å². The average molecular weight is 402 g/mol. The molecule has 7 heteroatoms. The van der Waals surface area contributed by atoms with E-state index in [1.807, 2.05) is 12.1 Å². The predicted octanol–water partition coefficient (Wildman–Crippen LogP) is 1.76. The van der Waals surface area contributed by atoms with Gasteiger partial charge in [0.05, 0.1) is 23.1 Å². The van der Waals surface area contributed by atoms with Gasteiger partial charge in [0.15, 0.2) is 9.84 Å². The van der Waals surface area contributed by atoms with Crippen LogP contribution in [0.2, 0.25) is 0 Å². The van der Waals surface area contributed by atoms with E-state index in [0.717, 1.165) is 41.9 Å². The summed E-state index contributed by atoms with van der Waals surface area (Å²) in [5.41, 5.74) is 4.90. The van der Waals surface area contributed by atoms with E-state index in [1.54, 1.807) is 17.8 Å². The van der Waals surface area contributed by atoms with Gasteiger partial charge in [0, 0.05) is 44.4 Å². The molecule has 1 aromatic rings. The molecule has 1 N–H and O–H groups in total. The van der Waals surface area contributed by atoms with Gasteiger partial charge in [-0.25, -0.2) is 8.42 Å². The van der Waals surface area contributed by atoms with E-state index in [-0.39, 0.29) is 17.4 Å². The highest BCUT2D eigenvalue weighted by Crippen LogP contribution is 2.42. The molecule has 1 atom stereocenters. The number of allylic oxidation sites excluding steroid dienone is 1. The van der Waals surface area contributed by atoms with Gasteiger partial charge in [-0.15, -0.1) is 0 Å². The summed E-state index contributed by atoms with van der Waals surface area (Å²) in [5.74, 6) is 0.428. The molecule has 28 heavy (non-hydrogen) atoms. The highest BCUT2D eigenvalue weighted by molar-refractivity contribution is 7.91. The maximum Gasteiger partial charge on any atom is 0.260 e. The van der Waals surface area contributed by atoms with E-state index in [2.05, 4.69) is 30.3 Å². The summed E-state index contributed by atoms with van der Waals surface area (Å²) in [6.07, 6.45) is 8.03. The van der Waals surface area contributed by atoms with Crippen molar-refractivity contribution in [3.63, 3.8) is 0 Å². The monoisotopic (exact) mass is 401 g/mol. The highest BCUT2D eigenvalue weighted by atomic mass is 32.2. The van der Waals surface area contributed by atoms with Gasteiger partial charge >= 0.3 is 0 Å². The molecule has 150 valence electrons. The molecule has 4 rings (SSSR count). The Bertz CT molecular complexity index is 1090. The van der Waals surface area contributed by atoms with E-state index in [4.69, 9.17) is 0 Å². The third kappa shape index (κ3) is 3.21. The lowest BCUT2D eigenvalue weighted by atomic mass is 9.92. The zero-order valence-corrected chi connectivity index (χ0v) is 17.6. The topological polar surface area (TPSA) is 71.4 Å². The molecule has 0 saturated heterocycles. The smallest absolute Gasteiger partial charge is 0.260 e. The van der Waals surface area contributed by atoms with E-state index in [9.17, 15) is 13.2 Å². The first kappa shape index (κ1) is 19.1. The van der Waals surface area contributed by atoms with Crippen molar-refractivity contribution in [2.45, 2.75) is 26.3 Å². The Morgan fingerprint density at radius 3 is 2.75 bits per heavy atom. The zero-order chi connectivity index (χ0) is 20.2. The molecule has 3 aliphatic rings. The summed E-state index contributed by atoms with van der Waals surface area (Å²) in [7, 11) is -1.51. The molecule has 6 nitrogen and oxygen atoms in total. The summed E-state index contributed by atoms with van der Waals surface area (Å²) < 4.78 is 25.8. The SMILES string of the molecule is CC(C)CN1C=C2C=C(CS(C)(=O)=O)c3ccn(C)c(=O)c3C3=C2C1CCN3. The minimum atomic E-state index is -3.25. The van der Waals surface area contributed by atoms with E-state index in [0.29, 0.717) is 17.1 Å². The fourth-order valence-electron chi connectivity index (χ4n) is 4.49. The quantitative estimate of drug-likeness (QED) is 0.832. The van der Waals surface area contributed by atoms with Crippen LogP contribution in [-0.4, -0.2) is 49.0 Å². The minimum absolute atomic E-state index is 0.0834. The second-order valence-corrected chi connectivity index (χ2v) is 10.6. The van der Waals surface area contributed by atoms with Crippen LogP contribution in [0.5, 0.6) is 0 Å². The molecule has 1 aliphatic carbocycles. The number of fused-ring (bicyclic) bond motifs is 2. The lowest BCUT2D eigenvalue weighted by Crippen LogP contribution is -2.39.